The van der Waals surface area contributed by atoms with Crippen molar-refractivity contribution in [1.29, 1.82) is 0 Å². The highest BCUT2D eigenvalue weighted by Gasteiger charge is 2.22. The average Bonchev–Trinajstić information content (AvgIpc) is 3.19. The summed E-state index contributed by atoms with van der Waals surface area (Å²) in [5, 5.41) is 7.02. The molecule has 1 fully saturated rings. The Morgan fingerprint density at radius 3 is 2.59 bits per heavy atom. The summed E-state index contributed by atoms with van der Waals surface area (Å²) in [6.45, 7) is 16.4. The van der Waals surface area contributed by atoms with E-state index in [-0.39, 0.29) is 24.0 Å². The molecule has 0 aliphatic carbocycles. The minimum atomic E-state index is 0. The summed E-state index contributed by atoms with van der Waals surface area (Å²) in [4.78, 5) is 9.87. The van der Waals surface area contributed by atoms with Crippen LogP contribution in [0.1, 0.15) is 47.0 Å². The third-order valence-corrected chi connectivity index (χ3v) is 5.65. The molecule has 0 bridgehead atoms. The van der Waals surface area contributed by atoms with Gasteiger partial charge in [0.15, 0.2) is 5.96 Å². The van der Waals surface area contributed by atoms with Crippen molar-refractivity contribution in [3.8, 4) is 0 Å². The Morgan fingerprint density at radius 1 is 1.21 bits per heavy atom. The zero-order chi connectivity index (χ0) is 20.2. The van der Waals surface area contributed by atoms with Crippen LogP contribution in [-0.2, 0) is 0 Å². The molecule has 0 saturated carbocycles. The van der Waals surface area contributed by atoms with Crippen molar-refractivity contribution in [3.63, 3.8) is 0 Å². The monoisotopic (exact) mass is 515 g/mol. The second-order valence-electron chi connectivity index (χ2n) is 7.87. The minimum absolute atomic E-state index is 0. The van der Waals surface area contributed by atoms with Gasteiger partial charge in [-0.3, -0.25) is 4.99 Å². The summed E-state index contributed by atoms with van der Waals surface area (Å²) in [5.74, 6) is 1.60. The van der Waals surface area contributed by atoms with Crippen molar-refractivity contribution in [1.82, 2.24) is 15.5 Å². The average molecular weight is 516 g/mol. The van der Waals surface area contributed by atoms with Crippen LogP contribution in [0.25, 0.3) is 0 Å². The zero-order valence-corrected chi connectivity index (χ0v) is 21.2. The number of hydrogen-bond donors (Lipinski definition) is 2. The number of nitrogens with zero attached hydrogens (tertiary/aromatic N) is 3. The van der Waals surface area contributed by atoms with Crippen LogP contribution in [0.4, 0.5) is 5.69 Å². The lowest BCUT2D eigenvalue weighted by Gasteiger charge is -2.21. The molecular formula is C23H42IN5. The normalized spacial score (nSPS) is 17.9. The number of rotatable bonds is 11. The lowest BCUT2D eigenvalue weighted by atomic mass is 10.1. The number of aliphatic imine (C=N–C) groups is 1. The summed E-state index contributed by atoms with van der Waals surface area (Å²) in [7, 11) is 0. The predicted molar refractivity (Wildman–Crippen MR) is 138 cm³/mol. The number of benzene rings is 1. The highest BCUT2D eigenvalue weighted by atomic mass is 127. The summed E-state index contributed by atoms with van der Waals surface area (Å²) in [6.07, 6.45) is 3.62. The van der Waals surface area contributed by atoms with Crippen molar-refractivity contribution in [2.75, 3.05) is 50.7 Å². The van der Waals surface area contributed by atoms with Crippen LogP contribution in [0.15, 0.2) is 35.3 Å². The highest BCUT2D eigenvalue weighted by molar-refractivity contribution is 14.0. The van der Waals surface area contributed by atoms with Crippen LogP contribution >= 0.6 is 24.0 Å². The second-order valence-corrected chi connectivity index (χ2v) is 7.87. The number of hydrogen-bond acceptors (Lipinski definition) is 3. The van der Waals surface area contributed by atoms with E-state index in [2.05, 4.69) is 78.5 Å². The predicted octanol–water partition coefficient (Wildman–Crippen LogP) is 4.20. The van der Waals surface area contributed by atoms with Crippen molar-refractivity contribution in [3.05, 3.63) is 30.3 Å². The highest BCUT2D eigenvalue weighted by Crippen LogP contribution is 2.23. The van der Waals surface area contributed by atoms with E-state index in [4.69, 9.17) is 4.99 Å². The van der Waals surface area contributed by atoms with Gasteiger partial charge in [0, 0.05) is 37.9 Å². The number of halogens is 1. The topological polar surface area (TPSA) is 42.9 Å². The standard InChI is InChI=1S/C23H41N5.HI/c1-5-24-23(26-20(4)12-11-16-27(6-2)7-3)25-18-21-15-17-28(19-21)22-13-9-8-10-14-22;/h8-10,13-14,20-21H,5-7,11-12,15-19H2,1-4H3,(H2,24,25,26);1H. The van der Waals surface area contributed by atoms with Crippen LogP contribution in [0.5, 0.6) is 0 Å². The zero-order valence-electron chi connectivity index (χ0n) is 18.9. The molecule has 2 rings (SSSR count). The Labute approximate surface area is 195 Å². The van der Waals surface area contributed by atoms with Crippen LogP contribution in [0.2, 0.25) is 0 Å². The summed E-state index contributed by atoms with van der Waals surface area (Å²) in [5.41, 5.74) is 1.33. The van der Waals surface area contributed by atoms with Gasteiger partial charge in [-0.15, -0.1) is 24.0 Å². The fourth-order valence-electron chi connectivity index (χ4n) is 3.86. The Morgan fingerprint density at radius 2 is 1.93 bits per heavy atom. The van der Waals surface area contributed by atoms with Gasteiger partial charge in [0.25, 0.3) is 0 Å². The molecule has 29 heavy (non-hydrogen) atoms. The van der Waals surface area contributed by atoms with Gasteiger partial charge in [-0.2, -0.15) is 0 Å². The maximum atomic E-state index is 4.90. The molecule has 1 heterocycles. The van der Waals surface area contributed by atoms with E-state index in [1.165, 1.54) is 31.5 Å². The van der Waals surface area contributed by atoms with Gasteiger partial charge >= 0.3 is 0 Å². The molecule has 1 aromatic carbocycles. The molecule has 166 valence electrons. The van der Waals surface area contributed by atoms with E-state index in [1.54, 1.807) is 0 Å². The van der Waals surface area contributed by atoms with E-state index in [9.17, 15) is 0 Å². The first kappa shape index (κ1) is 26.0. The molecule has 2 unspecified atom stereocenters. The number of para-hydroxylation sites is 1. The van der Waals surface area contributed by atoms with E-state index in [0.717, 1.165) is 45.2 Å². The lowest BCUT2D eigenvalue weighted by Crippen LogP contribution is -2.42. The maximum absolute atomic E-state index is 4.90. The molecule has 0 amide bonds. The minimum Gasteiger partial charge on any atom is -0.371 e. The van der Waals surface area contributed by atoms with Gasteiger partial charge in [0.05, 0.1) is 0 Å². The van der Waals surface area contributed by atoms with Gasteiger partial charge in [0.2, 0.25) is 0 Å². The van der Waals surface area contributed by atoms with Gasteiger partial charge in [-0.05, 0) is 70.8 Å². The number of nitrogens with one attached hydrogen (secondary N) is 2. The van der Waals surface area contributed by atoms with Crippen molar-refractivity contribution in [2.24, 2.45) is 10.9 Å². The molecule has 0 radical (unpaired) electrons. The van der Waals surface area contributed by atoms with E-state index < -0.39 is 0 Å². The molecule has 6 heteroatoms. The van der Waals surface area contributed by atoms with Gasteiger partial charge in [-0.1, -0.05) is 32.0 Å². The Kier molecular flexibility index (Phi) is 13.4. The first-order valence-electron chi connectivity index (χ1n) is 11.2. The fourth-order valence-corrected chi connectivity index (χ4v) is 3.86. The fraction of sp³-hybridized carbons (Fsp3) is 0.696. The smallest absolute Gasteiger partial charge is 0.191 e. The molecular weight excluding hydrogens is 473 g/mol. The van der Waals surface area contributed by atoms with Gasteiger partial charge in [-0.25, -0.2) is 0 Å². The molecule has 2 N–H and O–H groups in total. The number of anilines is 1. The van der Waals surface area contributed by atoms with Crippen LogP contribution in [0, 0.1) is 5.92 Å². The summed E-state index contributed by atoms with van der Waals surface area (Å²) in [6, 6.07) is 11.2. The van der Waals surface area contributed by atoms with Crippen molar-refractivity contribution < 1.29 is 0 Å². The molecule has 0 spiro atoms. The van der Waals surface area contributed by atoms with Crippen LogP contribution in [-0.4, -0.2) is 62.7 Å². The number of guanidine groups is 1. The second kappa shape index (κ2) is 14.9. The summed E-state index contributed by atoms with van der Waals surface area (Å²) < 4.78 is 0. The Hall–Kier alpha value is -1.02. The Balaban J connectivity index is 0.00000420. The molecule has 0 aromatic heterocycles. The van der Waals surface area contributed by atoms with E-state index in [1.807, 2.05) is 0 Å². The van der Waals surface area contributed by atoms with E-state index in [0.29, 0.717) is 12.0 Å². The van der Waals surface area contributed by atoms with Crippen LogP contribution < -0.4 is 15.5 Å². The SMILES string of the molecule is CCNC(=NCC1CCN(c2ccccc2)C1)NC(C)CCCN(CC)CC.I. The van der Waals surface area contributed by atoms with Gasteiger partial charge < -0.3 is 20.4 Å². The molecule has 2 atom stereocenters. The molecule has 5 nitrogen and oxygen atoms in total. The lowest BCUT2D eigenvalue weighted by molar-refractivity contribution is 0.292. The molecule has 1 aliphatic rings. The molecule has 1 saturated heterocycles. The van der Waals surface area contributed by atoms with Crippen molar-refractivity contribution >= 4 is 35.6 Å². The third-order valence-electron chi connectivity index (χ3n) is 5.65. The van der Waals surface area contributed by atoms with Gasteiger partial charge in [0.1, 0.15) is 0 Å². The summed E-state index contributed by atoms with van der Waals surface area (Å²) >= 11 is 0. The quantitative estimate of drug-likeness (QED) is 0.264. The van der Waals surface area contributed by atoms with Crippen molar-refractivity contribution in [2.45, 2.75) is 53.0 Å². The first-order chi connectivity index (χ1) is 13.7. The Bertz CT molecular complexity index is 562. The maximum Gasteiger partial charge on any atom is 0.191 e. The van der Waals surface area contributed by atoms with E-state index >= 15 is 0 Å². The van der Waals surface area contributed by atoms with Crippen LogP contribution in [0.3, 0.4) is 0 Å². The molecule has 1 aliphatic heterocycles. The molecule has 1 aromatic rings. The largest absolute Gasteiger partial charge is 0.371 e. The third kappa shape index (κ3) is 9.55. The first-order valence-corrected chi connectivity index (χ1v) is 11.2.